The molecule has 0 heterocycles. The first-order valence-corrected chi connectivity index (χ1v) is 14.6. The fourth-order valence-corrected chi connectivity index (χ4v) is 10.6. The van der Waals surface area contributed by atoms with Crippen molar-refractivity contribution in [1.29, 1.82) is 0 Å². The molecule has 0 spiro atoms. The fraction of sp³-hybridized carbons (Fsp3) is 0.839. The third kappa shape index (κ3) is 3.45. The number of oxime groups is 1. The molecule has 6 nitrogen and oxygen atoms in total. The molecule has 206 valence electrons. The van der Waals surface area contributed by atoms with E-state index in [1.165, 1.54) is 12.0 Å². The van der Waals surface area contributed by atoms with Crippen LogP contribution in [0.4, 0.5) is 4.79 Å². The van der Waals surface area contributed by atoms with E-state index in [9.17, 15) is 14.8 Å². The van der Waals surface area contributed by atoms with Crippen LogP contribution in [-0.2, 0) is 4.79 Å². The zero-order valence-corrected chi connectivity index (χ0v) is 24.4. The number of carbonyl (C=O) groups is 2. The highest BCUT2D eigenvalue weighted by Crippen LogP contribution is 2.74. The molecule has 0 aliphatic heterocycles. The van der Waals surface area contributed by atoms with E-state index >= 15 is 0 Å². The molecule has 8 atom stereocenters. The molecule has 4 fully saturated rings. The lowest BCUT2D eigenvalue weighted by atomic mass is 9.33. The van der Waals surface area contributed by atoms with E-state index in [0.717, 1.165) is 57.1 Å². The summed E-state index contributed by atoms with van der Waals surface area (Å²) in [6.07, 6.45) is 11.1. The molecule has 2 amide bonds. The number of nitrogens with zero attached hydrogens (tertiary/aromatic N) is 1. The van der Waals surface area contributed by atoms with E-state index in [1.807, 2.05) is 0 Å². The first-order valence-electron chi connectivity index (χ1n) is 14.6. The van der Waals surface area contributed by atoms with Crippen molar-refractivity contribution in [3.63, 3.8) is 0 Å². The molecule has 0 aromatic carbocycles. The average molecular weight is 512 g/mol. The van der Waals surface area contributed by atoms with Gasteiger partial charge in [-0.05, 0) is 104 Å². The monoisotopic (exact) mass is 511 g/mol. The standard InChI is InChI=1S/C31H49N3O3/c1-26(2)22-9-12-31(7)24(29(22,5)11-10-23(26)34-37)21(35)17-19-20-18-28(4,33-25(36)32-8)15-13-27(20,3)14-16-30(19,31)6/h17,20,22,24,37H,9-16,18H2,1-8H3,(H2,32,33,36)/b34-23+/t20-,22-,24+,27+,28-,29-,30+,31+/m0/s1. The first kappa shape index (κ1) is 26.7. The van der Waals surface area contributed by atoms with Crippen LogP contribution in [0.15, 0.2) is 16.8 Å². The van der Waals surface area contributed by atoms with Gasteiger partial charge in [-0.2, -0.15) is 0 Å². The van der Waals surface area contributed by atoms with E-state index in [1.54, 1.807) is 7.05 Å². The second kappa shape index (κ2) is 8.08. The van der Waals surface area contributed by atoms with Crippen molar-refractivity contribution in [2.24, 2.45) is 50.0 Å². The van der Waals surface area contributed by atoms with Gasteiger partial charge in [-0.1, -0.05) is 52.3 Å². The Labute approximate surface area is 223 Å². The fourth-order valence-electron chi connectivity index (χ4n) is 10.6. The van der Waals surface area contributed by atoms with E-state index in [-0.39, 0.29) is 44.6 Å². The largest absolute Gasteiger partial charge is 0.411 e. The number of amides is 2. The molecule has 5 aliphatic rings. The molecule has 3 N–H and O–H groups in total. The molecule has 6 heteroatoms. The number of nitrogens with one attached hydrogen (secondary N) is 2. The molecule has 0 bridgehead atoms. The molecule has 0 saturated heterocycles. The van der Waals surface area contributed by atoms with Gasteiger partial charge in [0.25, 0.3) is 0 Å². The summed E-state index contributed by atoms with van der Waals surface area (Å²) in [5.74, 6) is 0.919. The summed E-state index contributed by atoms with van der Waals surface area (Å²) in [5, 5.41) is 19.5. The van der Waals surface area contributed by atoms with Gasteiger partial charge >= 0.3 is 6.03 Å². The minimum absolute atomic E-state index is 0.0182. The van der Waals surface area contributed by atoms with Crippen LogP contribution in [-0.4, -0.2) is 35.3 Å². The number of allylic oxidation sites excluding steroid dienone is 2. The van der Waals surface area contributed by atoms with Gasteiger partial charge in [0.1, 0.15) is 0 Å². The molecular formula is C31H49N3O3. The number of rotatable bonds is 1. The maximum atomic E-state index is 14.4. The van der Waals surface area contributed by atoms with Crippen molar-refractivity contribution >= 4 is 17.5 Å². The number of carbonyl (C=O) groups excluding carboxylic acids is 2. The lowest BCUT2D eigenvalue weighted by molar-refractivity contribution is -0.174. The molecule has 37 heavy (non-hydrogen) atoms. The van der Waals surface area contributed by atoms with Crippen LogP contribution < -0.4 is 10.6 Å². The Kier molecular flexibility index (Phi) is 5.84. The summed E-state index contributed by atoms with van der Waals surface area (Å²) >= 11 is 0. The van der Waals surface area contributed by atoms with Crippen LogP contribution in [0.1, 0.15) is 106 Å². The maximum absolute atomic E-state index is 14.4. The predicted molar refractivity (Wildman–Crippen MR) is 147 cm³/mol. The molecule has 0 aromatic rings. The van der Waals surface area contributed by atoms with Gasteiger partial charge < -0.3 is 15.8 Å². The van der Waals surface area contributed by atoms with E-state index in [2.05, 4.69) is 70.3 Å². The molecule has 0 unspecified atom stereocenters. The molecule has 5 rings (SSSR count). The van der Waals surface area contributed by atoms with Crippen LogP contribution in [0.3, 0.4) is 0 Å². The Bertz CT molecular complexity index is 1080. The average Bonchev–Trinajstić information content (AvgIpc) is 2.81. The van der Waals surface area contributed by atoms with Crippen LogP contribution in [0, 0.1) is 44.8 Å². The van der Waals surface area contributed by atoms with E-state index < -0.39 is 0 Å². The lowest BCUT2D eigenvalue weighted by Gasteiger charge is -2.70. The Hall–Kier alpha value is -1.85. The minimum atomic E-state index is -0.277. The maximum Gasteiger partial charge on any atom is 0.314 e. The van der Waals surface area contributed by atoms with E-state index in [4.69, 9.17) is 0 Å². The van der Waals surface area contributed by atoms with Gasteiger partial charge in [-0.25, -0.2) is 4.79 Å². The number of fused-ring (bicyclic) bond motifs is 7. The highest BCUT2D eigenvalue weighted by molar-refractivity contribution is 5.97. The van der Waals surface area contributed by atoms with Crippen molar-refractivity contribution in [1.82, 2.24) is 10.6 Å². The molecule has 0 radical (unpaired) electrons. The third-order valence-corrected chi connectivity index (χ3v) is 13.1. The summed E-state index contributed by atoms with van der Waals surface area (Å²) in [6, 6.07) is -0.123. The van der Waals surface area contributed by atoms with Crippen LogP contribution in [0.5, 0.6) is 0 Å². The predicted octanol–water partition coefficient (Wildman–Crippen LogP) is 6.48. The Morgan fingerprint density at radius 1 is 1.00 bits per heavy atom. The van der Waals surface area contributed by atoms with Gasteiger partial charge in [-0.3, -0.25) is 4.79 Å². The Morgan fingerprint density at radius 3 is 2.32 bits per heavy atom. The normalized spacial score (nSPS) is 49.6. The molecule has 4 saturated carbocycles. The van der Waals surface area contributed by atoms with Crippen molar-refractivity contribution in [2.75, 3.05) is 7.05 Å². The van der Waals surface area contributed by atoms with Gasteiger partial charge in [0.15, 0.2) is 5.78 Å². The smallest absolute Gasteiger partial charge is 0.314 e. The SMILES string of the molecule is CNC(=O)N[C@@]1(C)CC[C@]2(C)CC[C@]3(C)C(=CC(=O)[C@@H]4[C@@]5(C)CC/C(=N\O)C(C)(C)[C@@H]5CC[C@]43C)[C@@H]2C1. The second-order valence-corrected chi connectivity index (χ2v) is 15.2. The lowest BCUT2D eigenvalue weighted by Crippen LogP contribution is -2.66. The van der Waals surface area contributed by atoms with Gasteiger partial charge in [0, 0.05) is 23.9 Å². The summed E-state index contributed by atoms with van der Waals surface area (Å²) < 4.78 is 0. The summed E-state index contributed by atoms with van der Waals surface area (Å²) in [5.41, 5.74) is 1.68. The minimum Gasteiger partial charge on any atom is -0.411 e. The molecule has 5 aliphatic carbocycles. The van der Waals surface area contributed by atoms with Crippen molar-refractivity contribution in [3.8, 4) is 0 Å². The van der Waals surface area contributed by atoms with Gasteiger partial charge in [-0.15, -0.1) is 0 Å². The summed E-state index contributed by atoms with van der Waals surface area (Å²) in [6.45, 7) is 16.3. The first-order chi connectivity index (χ1) is 17.1. The van der Waals surface area contributed by atoms with Crippen LogP contribution in [0.25, 0.3) is 0 Å². The van der Waals surface area contributed by atoms with Gasteiger partial charge in [0.2, 0.25) is 0 Å². The van der Waals surface area contributed by atoms with Crippen molar-refractivity contribution in [3.05, 3.63) is 11.6 Å². The second-order valence-electron chi connectivity index (χ2n) is 15.2. The van der Waals surface area contributed by atoms with E-state index in [0.29, 0.717) is 17.6 Å². The zero-order valence-electron chi connectivity index (χ0n) is 24.4. The Balaban J connectivity index is 1.58. The zero-order chi connectivity index (χ0) is 27.2. The number of hydrogen-bond acceptors (Lipinski definition) is 4. The van der Waals surface area contributed by atoms with Crippen molar-refractivity contribution in [2.45, 2.75) is 112 Å². The highest BCUT2D eigenvalue weighted by atomic mass is 16.4. The number of ketones is 1. The Morgan fingerprint density at radius 2 is 1.68 bits per heavy atom. The highest BCUT2D eigenvalue weighted by Gasteiger charge is 2.70. The molecule has 0 aromatic heterocycles. The quantitative estimate of drug-likeness (QED) is 0.278. The summed E-state index contributed by atoms with van der Waals surface area (Å²) in [7, 11) is 1.67. The third-order valence-electron chi connectivity index (χ3n) is 13.1. The number of urea groups is 1. The van der Waals surface area contributed by atoms with Gasteiger partial charge in [0.05, 0.1) is 5.71 Å². The topological polar surface area (TPSA) is 90.8 Å². The van der Waals surface area contributed by atoms with Crippen LogP contribution >= 0.6 is 0 Å². The van der Waals surface area contributed by atoms with Crippen molar-refractivity contribution < 1.29 is 14.8 Å². The number of hydrogen-bond donors (Lipinski definition) is 3. The summed E-state index contributed by atoms with van der Waals surface area (Å²) in [4.78, 5) is 26.7. The van der Waals surface area contributed by atoms with Crippen LogP contribution in [0.2, 0.25) is 0 Å². The molecular weight excluding hydrogens is 462 g/mol.